The van der Waals surface area contributed by atoms with E-state index in [9.17, 15) is 14.4 Å². The zero-order valence-corrected chi connectivity index (χ0v) is 22.4. The summed E-state index contributed by atoms with van der Waals surface area (Å²) in [6.07, 6.45) is -1.15. The predicted octanol–water partition coefficient (Wildman–Crippen LogP) is 6.08. The second-order valence-electron chi connectivity index (χ2n) is 9.07. The number of para-hydroxylation sites is 1. The van der Waals surface area contributed by atoms with Crippen molar-refractivity contribution in [1.29, 1.82) is 0 Å². The van der Waals surface area contributed by atoms with Gasteiger partial charge in [-0.15, -0.1) is 0 Å². The number of carbonyl (C=O) groups excluding carboxylic acids is 3. The fraction of sp³-hybridized carbons (Fsp3) is 0.333. The number of benzene rings is 2. The van der Waals surface area contributed by atoms with Crippen LogP contribution in [-0.4, -0.2) is 29.7 Å². The number of nitrogens with one attached hydrogen (secondary N) is 2. The van der Waals surface area contributed by atoms with Crippen LogP contribution in [0.25, 0.3) is 0 Å². The Labute approximate surface area is 214 Å². The quantitative estimate of drug-likeness (QED) is 0.251. The molecule has 0 aromatic heterocycles. The van der Waals surface area contributed by atoms with Gasteiger partial charge >= 0.3 is 12.1 Å². The Morgan fingerprint density at radius 2 is 1.57 bits per heavy atom. The summed E-state index contributed by atoms with van der Waals surface area (Å²) in [4.78, 5) is 38.7. The van der Waals surface area contributed by atoms with Crippen molar-refractivity contribution in [2.45, 2.75) is 59.3 Å². The van der Waals surface area contributed by atoms with E-state index in [0.717, 1.165) is 4.47 Å². The largest absolute Gasteiger partial charge is 0.459 e. The van der Waals surface area contributed by atoms with E-state index >= 15 is 0 Å². The van der Waals surface area contributed by atoms with E-state index in [4.69, 9.17) is 9.47 Å². The van der Waals surface area contributed by atoms with Crippen molar-refractivity contribution in [3.8, 4) is 0 Å². The van der Waals surface area contributed by atoms with Crippen molar-refractivity contribution in [3.63, 3.8) is 0 Å². The van der Waals surface area contributed by atoms with Crippen LogP contribution in [0.1, 0.15) is 53.1 Å². The smallest absolute Gasteiger partial charge is 0.408 e. The van der Waals surface area contributed by atoms with E-state index in [1.54, 1.807) is 83.1 Å². The van der Waals surface area contributed by atoms with Gasteiger partial charge < -0.3 is 20.1 Å². The van der Waals surface area contributed by atoms with Gasteiger partial charge in [0.15, 0.2) is 0 Å². The summed E-state index contributed by atoms with van der Waals surface area (Å²) >= 11 is 3.39. The van der Waals surface area contributed by atoms with Gasteiger partial charge in [0.05, 0.1) is 17.7 Å². The Bertz CT molecular complexity index is 1110. The van der Waals surface area contributed by atoms with Crippen LogP contribution in [0.4, 0.5) is 10.5 Å². The Hall–Kier alpha value is -3.35. The molecule has 0 aliphatic heterocycles. The molecule has 0 unspecified atom stereocenters. The molecule has 0 spiro atoms. The highest BCUT2D eigenvalue weighted by molar-refractivity contribution is 9.10. The van der Waals surface area contributed by atoms with Gasteiger partial charge in [-0.2, -0.15) is 0 Å². The van der Waals surface area contributed by atoms with Crippen molar-refractivity contribution in [2.75, 3.05) is 5.32 Å². The summed E-state index contributed by atoms with van der Waals surface area (Å²) < 4.78 is 11.7. The van der Waals surface area contributed by atoms with Crippen LogP contribution in [-0.2, 0) is 19.1 Å². The van der Waals surface area contributed by atoms with Gasteiger partial charge in [-0.1, -0.05) is 52.0 Å². The first-order valence-electron chi connectivity index (χ1n) is 11.2. The summed E-state index contributed by atoms with van der Waals surface area (Å²) in [5.41, 5.74) is 3.42. The lowest BCUT2D eigenvalue weighted by atomic mass is 9.98. The van der Waals surface area contributed by atoms with Gasteiger partial charge in [0, 0.05) is 10.2 Å². The van der Waals surface area contributed by atoms with E-state index in [0.29, 0.717) is 11.3 Å². The van der Waals surface area contributed by atoms with E-state index in [-0.39, 0.29) is 11.1 Å². The lowest BCUT2D eigenvalue weighted by Crippen LogP contribution is -2.37. The highest BCUT2D eigenvalue weighted by atomic mass is 79.9. The van der Waals surface area contributed by atoms with Crippen molar-refractivity contribution in [2.24, 2.45) is 0 Å². The molecule has 1 atom stereocenters. The number of hydrogen-bond acceptors (Lipinski definition) is 5. The van der Waals surface area contributed by atoms with Crippen molar-refractivity contribution in [3.05, 3.63) is 81.5 Å². The van der Waals surface area contributed by atoms with E-state index in [2.05, 4.69) is 32.3 Å². The van der Waals surface area contributed by atoms with Crippen molar-refractivity contribution < 1.29 is 23.9 Å². The maximum atomic E-state index is 13.2. The Balaban J connectivity index is 2.58. The first kappa shape index (κ1) is 27.9. The first-order valence-corrected chi connectivity index (χ1v) is 11.9. The molecule has 8 heteroatoms. The lowest BCUT2D eigenvalue weighted by Gasteiger charge is -2.25. The van der Waals surface area contributed by atoms with Crippen LogP contribution in [0, 0.1) is 0 Å². The standard InChI is InChI=1S/C27H31BrN2O5/c1-17(2)34-25(32)22(16-18(3)24(31)29-21-10-8-7-9-11-21)23(19-12-14-20(28)15-13-19)30-26(33)35-27(4,5)6/h7-15,17,23H,1-6H3,(H,29,31)(H,30,33)/t16?,23-/m0/s1. The van der Waals surface area contributed by atoms with Crippen LogP contribution < -0.4 is 10.6 Å². The van der Waals surface area contributed by atoms with Crippen LogP contribution in [0.3, 0.4) is 0 Å². The number of alkyl carbamates (subject to hydrolysis) is 1. The highest BCUT2D eigenvalue weighted by Gasteiger charge is 2.29. The molecule has 2 amide bonds. The lowest BCUT2D eigenvalue weighted by molar-refractivity contribution is -0.143. The van der Waals surface area contributed by atoms with Crippen LogP contribution in [0.15, 0.2) is 75.9 Å². The second kappa shape index (κ2) is 12.4. The zero-order valence-electron chi connectivity index (χ0n) is 20.8. The summed E-state index contributed by atoms with van der Waals surface area (Å²) in [7, 11) is 0. The van der Waals surface area contributed by atoms with Gasteiger partial charge in [-0.25, -0.2) is 9.59 Å². The molecule has 0 aliphatic carbocycles. The molecule has 0 saturated heterocycles. The number of carbonyl (C=O) groups is 3. The molecule has 7 nitrogen and oxygen atoms in total. The minimum absolute atomic E-state index is 0.0346. The second-order valence-corrected chi connectivity index (χ2v) is 9.98. The fourth-order valence-corrected chi connectivity index (χ4v) is 3.19. The molecule has 0 heterocycles. The monoisotopic (exact) mass is 542 g/mol. The van der Waals surface area contributed by atoms with Gasteiger partial charge in [-0.3, -0.25) is 4.79 Å². The number of esters is 1. The number of rotatable bonds is 7. The summed E-state index contributed by atoms with van der Waals surface area (Å²) in [5.74, 6) is -1.16. The minimum atomic E-state index is -0.983. The maximum absolute atomic E-state index is 13.2. The molecule has 0 aliphatic rings. The number of halogens is 1. The third kappa shape index (κ3) is 9.43. The van der Waals surface area contributed by atoms with E-state index in [1.165, 1.54) is 6.92 Å². The van der Waals surface area contributed by atoms with Crippen LogP contribution in [0.5, 0.6) is 0 Å². The van der Waals surface area contributed by atoms with Gasteiger partial charge in [0.1, 0.15) is 11.2 Å². The molecular formula is C27H31BrN2O5. The van der Waals surface area contributed by atoms with E-state index < -0.39 is 35.7 Å². The average Bonchev–Trinajstić information content (AvgIpc) is 2.75. The molecule has 0 radical (unpaired) electrons. The average molecular weight is 543 g/mol. The maximum Gasteiger partial charge on any atom is 0.408 e. The normalized spacial score (nSPS) is 11.7. The molecule has 0 saturated carbocycles. The minimum Gasteiger partial charge on any atom is -0.459 e. The molecule has 2 rings (SSSR count). The Morgan fingerprint density at radius 1 is 0.971 bits per heavy atom. The number of anilines is 1. The third-order valence-corrected chi connectivity index (χ3v) is 4.94. The van der Waals surface area contributed by atoms with Gasteiger partial charge in [0.25, 0.3) is 5.91 Å². The number of hydrogen-bond donors (Lipinski definition) is 2. The van der Waals surface area contributed by atoms with E-state index in [1.807, 2.05) is 6.07 Å². The number of amides is 2. The molecule has 0 fully saturated rings. The molecule has 186 valence electrons. The van der Waals surface area contributed by atoms with Crippen LogP contribution >= 0.6 is 15.9 Å². The molecule has 2 aromatic rings. The summed E-state index contributed by atoms with van der Waals surface area (Å²) in [6.45, 7) is 10.2. The first-order chi connectivity index (χ1) is 16.4. The molecular weight excluding hydrogens is 512 g/mol. The summed E-state index contributed by atoms with van der Waals surface area (Å²) in [5, 5.41) is 5.50. The Morgan fingerprint density at radius 3 is 2.11 bits per heavy atom. The molecule has 2 N–H and O–H groups in total. The fourth-order valence-electron chi connectivity index (χ4n) is 2.93. The third-order valence-electron chi connectivity index (χ3n) is 4.41. The highest BCUT2D eigenvalue weighted by Crippen LogP contribution is 2.26. The van der Waals surface area contributed by atoms with Crippen LogP contribution in [0.2, 0.25) is 0 Å². The summed E-state index contributed by atoms with van der Waals surface area (Å²) in [6, 6.07) is 15.0. The SMILES string of the molecule is CC(=C=C(C(=O)OC(C)C)[C@@H](NC(=O)OC(C)(C)C)c1ccc(Br)cc1)C(=O)Nc1ccccc1. The zero-order chi connectivity index (χ0) is 26.2. The van der Waals surface area contributed by atoms with Gasteiger partial charge in [-0.05, 0) is 71.4 Å². The Kier molecular flexibility index (Phi) is 9.87. The van der Waals surface area contributed by atoms with Gasteiger partial charge in [0.2, 0.25) is 0 Å². The molecule has 0 bridgehead atoms. The number of ether oxygens (including phenoxy) is 2. The predicted molar refractivity (Wildman–Crippen MR) is 139 cm³/mol. The van der Waals surface area contributed by atoms with Crippen molar-refractivity contribution in [1.82, 2.24) is 5.32 Å². The van der Waals surface area contributed by atoms with Crippen molar-refractivity contribution >= 4 is 39.6 Å². The topological polar surface area (TPSA) is 93.7 Å². The molecule has 35 heavy (non-hydrogen) atoms. The molecule has 2 aromatic carbocycles.